The van der Waals surface area contributed by atoms with Gasteiger partial charge in [-0.2, -0.15) is 0 Å². The summed E-state index contributed by atoms with van der Waals surface area (Å²) in [5.41, 5.74) is 6.23. The summed E-state index contributed by atoms with van der Waals surface area (Å²) in [5, 5.41) is 13.3. The normalized spacial score (nSPS) is 16.8. The number of ether oxygens (including phenoxy) is 2. The van der Waals surface area contributed by atoms with E-state index in [2.05, 4.69) is 12.2 Å². The minimum absolute atomic E-state index is 0.0131. The van der Waals surface area contributed by atoms with Gasteiger partial charge in [0, 0.05) is 41.0 Å². The Morgan fingerprint density at radius 3 is 2.00 bits per heavy atom. The van der Waals surface area contributed by atoms with Gasteiger partial charge >= 0.3 is 0 Å². The Hall–Kier alpha value is -4.21. The molecule has 1 aromatic heterocycles. The third-order valence-corrected chi connectivity index (χ3v) is 11.6. The second kappa shape index (κ2) is 23.3. The molecule has 6 rings (SSSR count). The Balaban J connectivity index is 1.04. The first-order valence-electron chi connectivity index (χ1n) is 21.2. The number of hydrogen-bond acceptors (Lipinski definition) is 7. The molecular weight excluding hydrogens is 729 g/mol. The Morgan fingerprint density at radius 1 is 0.719 bits per heavy atom. The third kappa shape index (κ3) is 13.4. The Bertz CT molecular complexity index is 1840. The van der Waals surface area contributed by atoms with E-state index in [1.54, 1.807) is 0 Å². The van der Waals surface area contributed by atoms with E-state index in [4.69, 9.17) is 18.9 Å². The molecule has 2 N–H and O–H groups in total. The lowest BCUT2D eigenvalue weighted by atomic mass is 10.0. The highest BCUT2D eigenvalue weighted by Crippen LogP contribution is 2.41. The summed E-state index contributed by atoms with van der Waals surface area (Å²) < 4.78 is 19.7. The van der Waals surface area contributed by atoms with E-state index in [0.29, 0.717) is 23.8 Å². The van der Waals surface area contributed by atoms with Gasteiger partial charge < -0.3 is 24.3 Å². The molecule has 2 heterocycles. The molecule has 1 amide bonds. The standard InChI is InChI=1S/C49H60N2O5S/c1-2-3-4-5-6-7-8-9-10-11-12-13-20-28-45(53)50-42-27-21-26-41(33-42)48-54-43(34-44(55-48)38-31-29-37(35-52)30-32-38)36-57-49-51-46(39-22-16-14-17-23-39)47(56-49)40-24-18-15-19-25-40/h14-19,21-27,29-33,43-44,48,52H,2-13,20,28,34-36H2,1H3,(H,50,53). The number of carbonyl (C=O) groups excluding carboxylic acids is 1. The molecule has 0 saturated carbocycles. The zero-order valence-corrected chi connectivity index (χ0v) is 34.4. The van der Waals surface area contributed by atoms with Crippen molar-refractivity contribution in [3.05, 3.63) is 126 Å². The van der Waals surface area contributed by atoms with Crippen LogP contribution >= 0.6 is 11.8 Å². The number of rotatable bonds is 23. The summed E-state index contributed by atoms with van der Waals surface area (Å²) in [4.78, 5) is 17.9. The Morgan fingerprint density at radius 2 is 1.35 bits per heavy atom. The van der Waals surface area contributed by atoms with E-state index in [1.807, 2.05) is 109 Å². The van der Waals surface area contributed by atoms with Crippen LogP contribution in [-0.2, 0) is 20.9 Å². The van der Waals surface area contributed by atoms with Gasteiger partial charge in [-0.05, 0) is 29.7 Å². The van der Waals surface area contributed by atoms with E-state index in [0.717, 1.165) is 57.8 Å². The number of thioether (sulfide) groups is 1. The smallest absolute Gasteiger partial charge is 0.256 e. The van der Waals surface area contributed by atoms with Gasteiger partial charge in [-0.15, -0.1) is 0 Å². The molecule has 1 saturated heterocycles. The van der Waals surface area contributed by atoms with Gasteiger partial charge in [0.25, 0.3) is 5.22 Å². The van der Waals surface area contributed by atoms with Crippen molar-refractivity contribution in [1.29, 1.82) is 0 Å². The summed E-state index contributed by atoms with van der Waals surface area (Å²) in [6, 6.07) is 35.9. The number of carbonyl (C=O) groups is 1. The summed E-state index contributed by atoms with van der Waals surface area (Å²) in [6.07, 6.45) is 16.8. The van der Waals surface area contributed by atoms with E-state index < -0.39 is 6.29 Å². The van der Waals surface area contributed by atoms with Gasteiger partial charge in [-0.25, -0.2) is 4.98 Å². The SMILES string of the molecule is CCCCCCCCCCCCCCCC(=O)Nc1cccc(C2OC(CSc3nc(-c4ccccc4)c(-c4ccccc4)o3)CC(c3ccc(CO)cc3)O2)c1. The van der Waals surface area contributed by atoms with Crippen molar-refractivity contribution in [2.24, 2.45) is 0 Å². The number of aliphatic hydroxyl groups is 1. The minimum Gasteiger partial charge on any atom is -0.431 e. The monoisotopic (exact) mass is 788 g/mol. The number of aromatic nitrogens is 1. The molecule has 8 heteroatoms. The number of unbranched alkanes of at least 4 members (excludes halogenated alkanes) is 12. The van der Waals surface area contributed by atoms with Crippen LogP contribution in [0.25, 0.3) is 22.6 Å². The van der Waals surface area contributed by atoms with Crippen LogP contribution in [0.2, 0.25) is 0 Å². The molecule has 1 aliphatic heterocycles. The molecule has 0 radical (unpaired) electrons. The first-order chi connectivity index (χ1) is 28.1. The number of nitrogens with one attached hydrogen (secondary N) is 1. The fraction of sp³-hybridized carbons (Fsp3) is 0.429. The number of nitrogens with zero attached hydrogens (tertiary/aromatic N) is 1. The minimum atomic E-state index is -0.644. The Labute approximate surface area is 344 Å². The lowest BCUT2D eigenvalue weighted by molar-refractivity contribution is -0.245. The zero-order chi connectivity index (χ0) is 39.5. The average molecular weight is 789 g/mol. The molecule has 4 aromatic carbocycles. The fourth-order valence-corrected chi connectivity index (χ4v) is 8.26. The van der Waals surface area contributed by atoms with Gasteiger partial charge in [0.15, 0.2) is 12.1 Å². The van der Waals surface area contributed by atoms with Gasteiger partial charge in [0.2, 0.25) is 5.91 Å². The number of aliphatic hydroxyl groups excluding tert-OH is 1. The molecule has 3 atom stereocenters. The molecule has 5 aromatic rings. The van der Waals surface area contributed by atoms with Crippen LogP contribution in [0.3, 0.4) is 0 Å². The largest absolute Gasteiger partial charge is 0.431 e. The number of oxazole rings is 1. The highest BCUT2D eigenvalue weighted by atomic mass is 32.2. The van der Waals surface area contributed by atoms with Crippen molar-refractivity contribution < 1.29 is 23.8 Å². The predicted molar refractivity (Wildman–Crippen MR) is 232 cm³/mol. The van der Waals surface area contributed by atoms with Gasteiger partial charge in [-0.3, -0.25) is 4.79 Å². The highest BCUT2D eigenvalue weighted by molar-refractivity contribution is 7.99. The maximum atomic E-state index is 13.0. The lowest BCUT2D eigenvalue weighted by Gasteiger charge is -2.36. The van der Waals surface area contributed by atoms with Crippen LogP contribution in [0.5, 0.6) is 0 Å². The molecule has 1 aliphatic rings. The maximum Gasteiger partial charge on any atom is 0.256 e. The van der Waals surface area contributed by atoms with Crippen LogP contribution in [0, 0.1) is 0 Å². The summed E-state index contributed by atoms with van der Waals surface area (Å²) in [5.74, 6) is 1.38. The summed E-state index contributed by atoms with van der Waals surface area (Å²) in [6.45, 7) is 2.26. The first kappa shape index (κ1) is 42.4. The maximum absolute atomic E-state index is 13.0. The molecule has 3 unspecified atom stereocenters. The number of amides is 1. The second-order valence-electron chi connectivity index (χ2n) is 15.2. The van der Waals surface area contributed by atoms with E-state index in [-0.39, 0.29) is 24.7 Å². The molecule has 0 spiro atoms. The highest BCUT2D eigenvalue weighted by Gasteiger charge is 2.33. The number of anilines is 1. The Kier molecular flexibility index (Phi) is 17.3. The molecule has 0 aliphatic carbocycles. The van der Waals surface area contributed by atoms with Crippen LogP contribution in [-0.4, -0.2) is 27.9 Å². The first-order valence-corrected chi connectivity index (χ1v) is 22.2. The molecule has 0 bridgehead atoms. The number of benzene rings is 4. The quantitative estimate of drug-likeness (QED) is 0.0503. The number of hydrogen-bond donors (Lipinski definition) is 2. The lowest BCUT2D eigenvalue weighted by Crippen LogP contribution is -2.31. The van der Waals surface area contributed by atoms with Crippen molar-refractivity contribution in [3.8, 4) is 22.6 Å². The van der Waals surface area contributed by atoms with Crippen molar-refractivity contribution in [2.45, 2.75) is 134 Å². The van der Waals surface area contributed by atoms with Crippen LogP contribution < -0.4 is 5.32 Å². The van der Waals surface area contributed by atoms with Gasteiger partial charge in [0.05, 0.1) is 18.8 Å². The average Bonchev–Trinajstić information content (AvgIpc) is 3.70. The van der Waals surface area contributed by atoms with E-state index in [9.17, 15) is 9.90 Å². The molecule has 1 fully saturated rings. The summed E-state index contributed by atoms with van der Waals surface area (Å²) in [7, 11) is 0. The summed E-state index contributed by atoms with van der Waals surface area (Å²) >= 11 is 1.53. The fourth-order valence-electron chi connectivity index (χ4n) is 7.42. The molecule has 302 valence electrons. The molecule has 7 nitrogen and oxygen atoms in total. The third-order valence-electron chi connectivity index (χ3n) is 10.6. The van der Waals surface area contributed by atoms with Crippen LogP contribution in [0.1, 0.15) is 132 Å². The second-order valence-corrected chi connectivity index (χ2v) is 16.2. The molecule has 57 heavy (non-hydrogen) atoms. The van der Waals surface area contributed by atoms with E-state index in [1.165, 1.54) is 82.4 Å². The molecular formula is C49H60N2O5S. The topological polar surface area (TPSA) is 93.8 Å². The van der Waals surface area contributed by atoms with Gasteiger partial charge in [-0.1, -0.05) is 193 Å². The van der Waals surface area contributed by atoms with Crippen LogP contribution in [0.4, 0.5) is 5.69 Å². The van der Waals surface area contributed by atoms with Crippen molar-refractivity contribution in [2.75, 3.05) is 11.1 Å². The zero-order valence-electron chi connectivity index (χ0n) is 33.6. The van der Waals surface area contributed by atoms with Crippen molar-refractivity contribution in [3.63, 3.8) is 0 Å². The van der Waals surface area contributed by atoms with E-state index >= 15 is 0 Å². The predicted octanol–water partition coefficient (Wildman–Crippen LogP) is 13.3. The van der Waals surface area contributed by atoms with Crippen LogP contribution in [0.15, 0.2) is 119 Å². The van der Waals surface area contributed by atoms with Crippen molar-refractivity contribution >= 4 is 23.4 Å². The van der Waals surface area contributed by atoms with Crippen molar-refractivity contribution in [1.82, 2.24) is 4.98 Å². The van der Waals surface area contributed by atoms with Gasteiger partial charge in [0.1, 0.15) is 5.69 Å².